The van der Waals surface area contributed by atoms with Crippen LogP contribution >= 0.6 is 0 Å². The van der Waals surface area contributed by atoms with E-state index < -0.39 is 0 Å². The van der Waals surface area contributed by atoms with Crippen LogP contribution in [-0.2, 0) is 13.0 Å². The molecule has 3 nitrogen and oxygen atoms in total. The summed E-state index contributed by atoms with van der Waals surface area (Å²) in [7, 11) is 0. The number of amides is 2. The van der Waals surface area contributed by atoms with Crippen LogP contribution in [0.3, 0.4) is 0 Å². The van der Waals surface area contributed by atoms with E-state index in [1.165, 1.54) is 42.4 Å². The van der Waals surface area contributed by atoms with Crippen molar-refractivity contribution in [1.29, 1.82) is 0 Å². The van der Waals surface area contributed by atoms with Crippen LogP contribution in [-0.4, -0.2) is 24.0 Å². The second-order valence-electron chi connectivity index (χ2n) is 6.03. The van der Waals surface area contributed by atoms with Gasteiger partial charge in [0.2, 0.25) is 0 Å². The molecule has 1 N–H and O–H groups in total. The average Bonchev–Trinajstić information content (AvgIpc) is 2.55. The lowest BCUT2D eigenvalue weighted by Gasteiger charge is -2.29. The van der Waals surface area contributed by atoms with Crippen molar-refractivity contribution in [3.05, 3.63) is 47.0 Å². The second-order valence-corrected chi connectivity index (χ2v) is 6.03. The van der Waals surface area contributed by atoms with Gasteiger partial charge in [0, 0.05) is 19.6 Å². The van der Waals surface area contributed by atoms with Crippen LogP contribution in [0.25, 0.3) is 0 Å². The molecule has 3 heteroatoms. The minimum atomic E-state index is 0.0842. The topological polar surface area (TPSA) is 32.3 Å². The number of benzene rings is 1. The van der Waals surface area contributed by atoms with Crippen LogP contribution in [0.2, 0.25) is 0 Å². The van der Waals surface area contributed by atoms with Crippen LogP contribution in [0.4, 0.5) is 4.79 Å². The summed E-state index contributed by atoms with van der Waals surface area (Å²) in [5.41, 5.74) is 4.19. The lowest BCUT2D eigenvalue weighted by molar-refractivity contribution is 0.192. The Balaban J connectivity index is 1.47. The first-order valence-corrected chi connectivity index (χ1v) is 8.10. The highest BCUT2D eigenvalue weighted by Crippen LogP contribution is 2.20. The van der Waals surface area contributed by atoms with Crippen molar-refractivity contribution in [3.8, 4) is 0 Å². The summed E-state index contributed by atoms with van der Waals surface area (Å²) in [6, 6.07) is 8.50. The van der Waals surface area contributed by atoms with Gasteiger partial charge in [-0.1, -0.05) is 35.9 Å². The van der Waals surface area contributed by atoms with Gasteiger partial charge >= 0.3 is 6.03 Å². The number of carbonyl (C=O) groups excluding carboxylic acids is 1. The van der Waals surface area contributed by atoms with Crippen molar-refractivity contribution in [1.82, 2.24) is 10.2 Å². The molecular formula is C18H24N2O. The second kappa shape index (κ2) is 6.79. The predicted molar refractivity (Wildman–Crippen MR) is 85.1 cm³/mol. The Morgan fingerprint density at radius 2 is 2.00 bits per heavy atom. The Bertz CT molecular complexity index is 536. The number of nitrogens with one attached hydrogen (secondary N) is 1. The van der Waals surface area contributed by atoms with Gasteiger partial charge in [0.05, 0.1) is 0 Å². The van der Waals surface area contributed by atoms with Gasteiger partial charge in [0.25, 0.3) is 0 Å². The number of hydrogen-bond acceptors (Lipinski definition) is 1. The average molecular weight is 284 g/mol. The number of urea groups is 1. The summed E-state index contributed by atoms with van der Waals surface area (Å²) in [5, 5.41) is 3.08. The number of carbonyl (C=O) groups is 1. The normalized spacial score (nSPS) is 17.9. The van der Waals surface area contributed by atoms with E-state index >= 15 is 0 Å². The molecule has 0 bridgehead atoms. The third kappa shape index (κ3) is 3.66. The minimum absolute atomic E-state index is 0.0842. The van der Waals surface area contributed by atoms with E-state index in [9.17, 15) is 4.79 Å². The van der Waals surface area contributed by atoms with Gasteiger partial charge < -0.3 is 10.2 Å². The Morgan fingerprint density at radius 3 is 2.81 bits per heavy atom. The first-order chi connectivity index (χ1) is 10.3. The van der Waals surface area contributed by atoms with Crippen molar-refractivity contribution in [2.45, 2.75) is 45.1 Å². The number of nitrogens with zero attached hydrogens (tertiary/aromatic N) is 1. The molecule has 0 radical (unpaired) electrons. The van der Waals surface area contributed by atoms with Crippen LogP contribution in [0, 0.1) is 0 Å². The van der Waals surface area contributed by atoms with Gasteiger partial charge in [0.1, 0.15) is 0 Å². The van der Waals surface area contributed by atoms with E-state index in [4.69, 9.17) is 0 Å². The molecule has 0 atom stereocenters. The molecule has 0 spiro atoms. The van der Waals surface area contributed by atoms with E-state index in [2.05, 4.69) is 35.7 Å². The third-order valence-electron chi connectivity index (χ3n) is 4.53. The zero-order chi connectivity index (χ0) is 14.5. The van der Waals surface area contributed by atoms with Crippen molar-refractivity contribution >= 4 is 6.03 Å². The van der Waals surface area contributed by atoms with Crippen LogP contribution in [0.15, 0.2) is 35.9 Å². The maximum Gasteiger partial charge on any atom is 0.317 e. The minimum Gasteiger partial charge on any atom is -0.338 e. The number of allylic oxidation sites excluding steroid dienone is 1. The summed E-state index contributed by atoms with van der Waals surface area (Å²) in [6.07, 6.45) is 9.39. The van der Waals surface area contributed by atoms with E-state index in [0.29, 0.717) is 0 Å². The van der Waals surface area contributed by atoms with E-state index in [1.54, 1.807) is 0 Å². The lowest BCUT2D eigenvalue weighted by atomic mass is 9.97. The van der Waals surface area contributed by atoms with Crippen molar-refractivity contribution < 1.29 is 4.79 Å². The molecule has 1 aliphatic heterocycles. The molecule has 2 amide bonds. The number of rotatable bonds is 3. The predicted octanol–water partition coefficient (Wildman–Crippen LogP) is 3.64. The van der Waals surface area contributed by atoms with Gasteiger partial charge in [-0.3, -0.25) is 0 Å². The molecular weight excluding hydrogens is 260 g/mol. The first-order valence-electron chi connectivity index (χ1n) is 8.10. The highest BCUT2D eigenvalue weighted by molar-refractivity contribution is 5.74. The van der Waals surface area contributed by atoms with Crippen molar-refractivity contribution in [2.24, 2.45) is 0 Å². The summed E-state index contributed by atoms with van der Waals surface area (Å²) < 4.78 is 0. The molecule has 112 valence electrons. The van der Waals surface area contributed by atoms with Gasteiger partial charge in [-0.15, -0.1) is 0 Å². The molecule has 0 saturated heterocycles. The van der Waals surface area contributed by atoms with E-state index in [-0.39, 0.29) is 6.03 Å². The fraction of sp³-hybridized carbons (Fsp3) is 0.500. The standard InChI is InChI=1S/C18H24N2O/c21-18(19-12-10-15-6-2-1-3-7-15)20-13-11-16-8-4-5-9-17(16)14-20/h4-6,8-9H,1-3,7,10-14H2,(H,19,21). The zero-order valence-corrected chi connectivity index (χ0v) is 12.6. The fourth-order valence-corrected chi connectivity index (χ4v) is 3.24. The SMILES string of the molecule is O=C(NCCC1=CCCCC1)N1CCc2ccccc2C1. The highest BCUT2D eigenvalue weighted by atomic mass is 16.2. The Morgan fingerprint density at radius 1 is 1.14 bits per heavy atom. The van der Waals surface area contributed by atoms with Crippen LogP contribution < -0.4 is 5.32 Å². The van der Waals surface area contributed by atoms with Crippen molar-refractivity contribution in [3.63, 3.8) is 0 Å². The van der Waals surface area contributed by atoms with E-state index in [0.717, 1.165) is 32.5 Å². The smallest absolute Gasteiger partial charge is 0.317 e. The summed E-state index contributed by atoms with van der Waals surface area (Å²) in [5.74, 6) is 0. The van der Waals surface area contributed by atoms with Gasteiger partial charge in [-0.05, 0) is 49.7 Å². The Labute approximate surface area is 127 Å². The van der Waals surface area contributed by atoms with Gasteiger partial charge in [-0.25, -0.2) is 4.79 Å². The van der Waals surface area contributed by atoms with Crippen LogP contribution in [0.1, 0.15) is 43.2 Å². The lowest BCUT2D eigenvalue weighted by Crippen LogP contribution is -2.43. The molecule has 2 aliphatic rings. The summed E-state index contributed by atoms with van der Waals surface area (Å²) in [6.45, 7) is 2.33. The molecule has 0 aromatic heterocycles. The summed E-state index contributed by atoms with van der Waals surface area (Å²) >= 11 is 0. The quantitative estimate of drug-likeness (QED) is 0.844. The Kier molecular flexibility index (Phi) is 4.59. The molecule has 1 aliphatic carbocycles. The third-order valence-corrected chi connectivity index (χ3v) is 4.53. The molecule has 1 aromatic rings. The molecule has 0 unspecified atom stereocenters. The van der Waals surface area contributed by atoms with Gasteiger partial charge in [0.15, 0.2) is 0 Å². The largest absolute Gasteiger partial charge is 0.338 e. The molecule has 3 rings (SSSR count). The van der Waals surface area contributed by atoms with Gasteiger partial charge in [-0.2, -0.15) is 0 Å². The molecule has 0 saturated carbocycles. The molecule has 1 aromatic carbocycles. The van der Waals surface area contributed by atoms with Crippen LogP contribution in [0.5, 0.6) is 0 Å². The summed E-state index contributed by atoms with van der Waals surface area (Å²) in [4.78, 5) is 14.2. The number of hydrogen-bond donors (Lipinski definition) is 1. The zero-order valence-electron chi connectivity index (χ0n) is 12.6. The Hall–Kier alpha value is -1.77. The number of fused-ring (bicyclic) bond motifs is 1. The molecule has 1 heterocycles. The fourth-order valence-electron chi connectivity index (χ4n) is 3.24. The van der Waals surface area contributed by atoms with E-state index in [1.807, 2.05) is 4.90 Å². The monoisotopic (exact) mass is 284 g/mol. The molecule has 0 fully saturated rings. The van der Waals surface area contributed by atoms with Crippen molar-refractivity contribution in [2.75, 3.05) is 13.1 Å². The first kappa shape index (κ1) is 14.2. The highest BCUT2D eigenvalue weighted by Gasteiger charge is 2.19. The molecule has 21 heavy (non-hydrogen) atoms. The maximum atomic E-state index is 12.2. The maximum absolute atomic E-state index is 12.2.